The second-order valence-electron chi connectivity index (χ2n) is 7.27. The topological polar surface area (TPSA) is 110 Å². The number of hydrogen-bond acceptors (Lipinski definition) is 5. The van der Waals surface area contributed by atoms with E-state index in [1.807, 2.05) is 57.2 Å². The molecule has 0 aliphatic carbocycles. The van der Waals surface area contributed by atoms with E-state index in [1.54, 1.807) is 12.4 Å². The maximum absolute atomic E-state index is 11.7. The Balaban J connectivity index is 0.000000177. The van der Waals surface area contributed by atoms with Crippen LogP contribution in [0.5, 0.6) is 0 Å². The highest BCUT2D eigenvalue weighted by molar-refractivity contribution is 5.81. The van der Waals surface area contributed by atoms with Crippen LogP contribution >= 0.6 is 0 Å². The van der Waals surface area contributed by atoms with Crippen LogP contribution < -0.4 is 5.73 Å². The van der Waals surface area contributed by atoms with Gasteiger partial charge < -0.3 is 10.5 Å². The summed E-state index contributed by atoms with van der Waals surface area (Å²) in [6.45, 7) is 5.60. The van der Waals surface area contributed by atoms with Gasteiger partial charge in [0.05, 0.1) is 29.8 Å². The lowest BCUT2D eigenvalue weighted by atomic mass is 10.1. The van der Waals surface area contributed by atoms with Crippen LogP contribution in [0.4, 0.5) is 5.69 Å². The first-order valence-electron chi connectivity index (χ1n) is 8.63. The van der Waals surface area contributed by atoms with Gasteiger partial charge in [0.15, 0.2) is 0 Å². The number of carbonyl (C=O) groups is 1. The molecule has 27 heavy (non-hydrogen) atoms. The van der Waals surface area contributed by atoms with Crippen molar-refractivity contribution in [3.05, 3.63) is 54.4 Å². The molecule has 0 aliphatic rings. The first-order chi connectivity index (χ1) is 12.8. The van der Waals surface area contributed by atoms with Crippen molar-refractivity contribution in [2.24, 2.45) is 0 Å². The normalized spacial score (nSPS) is 11.2. The summed E-state index contributed by atoms with van der Waals surface area (Å²) in [5.41, 5.74) is 8.81. The third-order valence-corrected chi connectivity index (χ3v) is 3.74. The van der Waals surface area contributed by atoms with E-state index >= 15 is 0 Å². The molecule has 0 aliphatic heterocycles. The van der Waals surface area contributed by atoms with Gasteiger partial charge in [-0.15, -0.1) is 0 Å². The molecule has 0 saturated heterocycles. The third kappa shape index (κ3) is 5.07. The highest BCUT2D eigenvalue weighted by Gasteiger charge is 2.16. The van der Waals surface area contributed by atoms with Crippen molar-refractivity contribution in [3.63, 3.8) is 0 Å². The summed E-state index contributed by atoms with van der Waals surface area (Å²) in [6, 6.07) is 11.4. The molecule has 0 fully saturated rings. The van der Waals surface area contributed by atoms with Crippen molar-refractivity contribution in [3.8, 4) is 0 Å². The van der Waals surface area contributed by atoms with Crippen molar-refractivity contribution in [1.82, 2.24) is 20.4 Å². The zero-order valence-electron chi connectivity index (χ0n) is 15.6. The van der Waals surface area contributed by atoms with E-state index < -0.39 is 5.60 Å². The van der Waals surface area contributed by atoms with Crippen molar-refractivity contribution in [1.29, 1.82) is 0 Å². The lowest BCUT2D eigenvalue weighted by Crippen LogP contribution is -2.24. The van der Waals surface area contributed by atoms with E-state index in [-0.39, 0.29) is 5.97 Å². The molecule has 0 atom stereocenters. The molecule has 0 spiro atoms. The van der Waals surface area contributed by atoms with Crippen molar-refractivity contribution < 1.29 is 9.53 Å². The number of nitrogens with zero attached hydrogens (tertiary/aromatic N) is 2. The van der Waals surface area contributed by atoms with Crippen LogP contribution in [-0.2, 0) is 16.0 Å². The van der Waals surface area contributed by atoms with Gasteiger partial charge in [0.25, 0.3) is 0 Å². The molecule has 0 bridgehead atoms. The highest BCUT2D eigenvalue weighted by atomic mass is 16.6. The Kier molecular flexibility index (Phi) is 5.12. The summed E-state index contributed by atoms with van der Waals surface area (Å²) in [7, 11) is 0. The summed E-state index contributed by atoms with van der Waals surface area (Å²) in [6.07, 6.45) is 3.79. The first-order valence-corrected chi connectivity index (χ1v) is 8.63. The molecule has 0 unspecified atom stereocenters. The summed E-state index contributed by atoms with van der Waals surface area (Å²) in [4.78, 5) is 11.7. The molecule has 4 rings (SSSR count). The molecule has 2 heterocycles. The number of nitrogens with two attached hydrogens (primary N) is 1. The molecule has 0 amide bonds. The Morgan fingerprint density at radius 3 is 2.22 bits per heavy atom. The number of benzene rings is 2. The number of rotatable bonds is 2. The summed E-state index contributed by atoms with van der Waals surface area (Å²) in [5.74, 6) is -0.208. The van der Waals surface area contributed by atoms with E-state index in [0.29, 0.717) is 6.42 Å². The minimum absolute atomic E-state index is 0.208. The summed E-state index contributed by atoms with van der Waals surface area (Å²) in [5, 5.41) is 15.6. The average molecular weight is 365 g/mol. The van der Waals surface area contributed by atoms with Gasteiger partial charge in [-0.1, -0.05) is 6.07 Å². The Hall–Kier alpha value is -3.35. The lowest BCUT2D eigenvalue weighted by Gasteiger charge is -2.19. The van der Waals surface area contributed by atoms with Crippen molar-refractivity contribution >= 4 is 33.5 Å². The molecular formula is C20H23N5O2. The maximum atomic E-state index is 11.7. The number of aromatic amines is 2. The largest absolute Gasteiger partial charge is 0.460 e. The predicted molar refractivity (Wildman–Crippen MR) is 106 cm³/mol. The molecule has 0 saturated carbocycles. The van der Waals surface area contributed by atoms with Gasteiger partial charge in [0, 0.05) is 16.5 Å². The minimum Gasteiger partial charge on any atom is -0.460 e. The SMILES string of the molecule is CC(C)(C)OC(=O)Cc1ccc2[nH]ncc2c1.Nc1ccc2[nH]ncc2c1. The van der Waals surface area contributed by atoms with Gasteiger partial charge in [0.1, 0.15) is 5.60 Å². The number of nitrogens with one attached hydrogen (secondary N) is 2. The van der Waals surface area contributed by atoms with Crippen LogP contribution in [0.2, 0.25) is 0 Å². The number of H-pyrrole nitrogens is 2. The molecule has 4 aromatic rings. The number of anilines is 1. The van der Waals surface area contributed by atoms with Crippen LogP contribution in [-0.4, -0.2) is 32.0 Å². The van der Waals surface area contributed by atoms with Crippen LogP contribution in [0.3, 0.4) is 0 Å². The van der Waals surface area contributed by atoms with Crippen LogP contribution in [0.1, 0.15) is 26.3 Å². The second kappa shape index (κ2) is 7.49. The monoisotopic (exact) mass is 365 g/mol. The molecule has 7 heteroatoms. The number of carbonyl (C=O) groups excluding carboxylic acids is 1. The Labute approximate surface area is 156 Å². The zero-order chi connectivity index (χ0) is 19.4. The number of ether oxygens (including phenoxy) is 1. The third-order valence-electron chi connectivity index (χ3n) is 3.74. The summed E-state index contributed by atoms with van der Waals surface area (Å²) >= 11 is 0. The highest BCUT2D eigenvalue weighted by Crippen LogP contribution is 2.15. The molecule has 7 nitrogen and oxygen atoms in total. The van der Waals surface area contributed by atoms with Crippen LogP contribution in [0.25, 0.3) is 21.8 Å². The predicted octanol–water partition coefficient (Wildman–Crippen LogP) is 3.59. The molecule has 2 aromatic carbocycles. The number of nitrogen functional groups attached to an aromatic ring is 1. The van der Waals surface area contributed by atoms with Crippen molar-refractivity contribution in [2.75, 3.05) is 5.73 Å². The summed E-state index contributed by atoms with van der Waals surface area (Å²) < 4.78 is 5.27. The van der Waals surface area contributed by atoms with Crippen LogP contribution in [0, 0.1) is 0 Å². The lowest BCUT2D eigenvalue weighted by molar-refractivity contribution is -0.153. The fourth-order valence-corrected chi connectivity index (χ4v) is 2.61. The standard InChI is InChI=1S/C13H16N2O2.C7H7N3/c1-13(2,3)17-12(16)7-9-4-5-11-10(6-9)8-14-15-11;8-6-1-2-7-5(3-6)4-9-10-7/h4-6,8H,7H2,1-3H3,(H,14,15);1-4H,8H2,(H,9,10). The van der Waals surface area contributed by atoms with Gasteiger partial charge in [-0.2, -0.15) is 10.2 Å². The van der Waals surface area contributed by atoms with Gasteiger partial charge in [0.2, 0.25) is 0 Å². The zero-order valence-corrected chi connectivity index (χ0v) is 15.6. The fraction of sp³-hybridized carbons (Fsp3) is 0.250. The van der Waals surface area contributed by atoms with Gasteiger partial charge in [-0.3, -0.25) is 15.0 Å². The smallest absolute Gasteiger partial charge is 0.310 e. The fourth-order valence-electron chi connectivity index (χ4n) is 2.61. The quantitative estimate of drug-likeness (QED) is 0.371. The van der Waals surface area contributed by atoms with Gasteiger partial charge in [-0.25, -0.2) is 0 Å². The number of hydrogen-bond donors (Lipinski definition) is 3. The van der Waals surface area contributed by atoms with Gasteiger partial charge >= 0.3 is 5.97 Å². The molecule has 0 radical (unpaired) electrons. The van der Waals surface area contributed by atoms with E-state index in [2.05, 4.69) is 20.4 Å². The average Bonchev–Trinajstić information content (AvgIpc) is 3.21. The Morgan fingerprint density at radius 2 is 1.59 bits per heavy atom. The number of aromatic nitrogens is 4. The van der Waals surface area contributed by atoms with Crippen LogP contribution in [0.15, 0.2) is 48.8 Å². The maximum Gasteiger partial charge on any atom is 0.310 e. The van der Waals surface area contributed by atoms with E-state index in [1.165, 1.54) is 0 Å². The van der Waals surface area contributed by atoms with Crippen molar-refractivity contribution in [2.45, 2.75) is 32.8 Å². The number of esters is 1. The molecule has 4 N–H and O–H groups in total. The van der Waals surface area contributed by atoms with E-state index in [0.717, 1.165) is 33.1 Å². The Bertz CT molecular complexity index is 1060. The number of fused-ring (bicyclic) bond motifs is 2. The van der Waals surface area contributed by atoms with E-state index in [4.69, 9.17) is 10.5 Å². The second-order valence-corrected chi connectivity index (χ2v) is 7.27. The molecule has 2 aromatic heterocycles. The first kappa shape index (κ1) is 18.4. The molecular weight excluding hydrogens is 342 g/mol. The van der Waals surface area contributed by atoms with E-state index in [9.17, 15) is 4.79 Å². The van der Waals surface area contributed by atoms with Gasteiger partial charge in [-0.05, 0) is 56.7 Å². The molecule has 140 valence electrons. The minimum atomic E-state index is -0.434. The Morgan fingerprint density at radius 1 is 1.00 bits per heavy atom.